The average Bonchev–Trinajstić information content (AvgIpc) is 2.95. The number of nitrogens with zero attached hydrogens (tertiary/aromatic N) is 3. The van der Waals surface area contributed by atoms with Crippen molar-refractivity contribution >= 4 is 17.3 Å². The SMILES string of the molecule is CCNCc1ccccc1NC(=O)Cn1cc([N+](=O)[O-])cn1. The maximum Gasteiger partial charge on any atom is 0.307 e. The molecule has 1 heterocycles. The summed E-state index contributed by atoms with van der Waals surface area (Å²) in [5.41, 5.74) is 1.56. The molecule has 0 aliphatic rings. The first-order valence-corrected chi connectivity index (χ1v) is 6.85. The Kier molecular flexibility index (Phi) is 5.21. The Balaban J connectivity index is 2.00. The summed E-state index contributed by atoms with van der Waals surface area (Å²) in [5, 5.41) is 20.4. The summed E-state index contributed by atoms with van der Waals surface area (Å²) in [5.74, 6) is -0.290. The molecule has 1 aromatic carbocycles. The number of benzene rings is 1. The van der Waals surface area contributed by atoms with Crippen molar-refractivity contribution in [3.63, 3.8) is 0 Å². The van der Waals surface area contributed by atoms with E-state index in [-0.39, 0.29) is 18.1 Å². The lowest BCUT2D eigenvalue weighted by atomic mass is 10.1. The van der Waals surface area contributed by atoms with Crippen LogP contribution in [0.4, 0.5) is 11.4 Å². The van der Waals surface area contributed by atoms with E-state index in [1.807, 2.05) is 31.2 Å². The van der Waals surface area contributed by atoms with Crippen molar-refractivity contribution in [2.24, 2.45) is 0 Å². The fourth-order valence-electron chi connectivity index (χ4n) is 1.93. The van der Waals surface area contributed by atoms with Crippen LogP contribution in [0.25, 0.3) is 0 Å². The van der Waals surface area contributed by atoms with Crippen LogP contribution in [-0.4, -0.2) is 27.2 Å². The van der Waals surface area contributed by atoms with Gasteiger partial charge in [0.1, 0.15) is 18.9 Å². The third-order valence-corrected chi connectivity index (χ3v) is 2.99. The zero-order chi connectivity index (χ0) is 15.9. The quantitative estimate of drug-likeness (QED) is 0.596. The van der Waals surface area contributed by atoms with Gasteiger partial charge in [-0.1, -0.05) is 25.1 Å². The number of rotatable bonds is 7. The minimum Gasteiger partial charge on any atom is -0.324 e. The minimum absolute atomic E-state index is 0.0800. The number of nitrogens with one attached hydrogen (secondary N) is 2. The molecular weight excluding hydrogens is 286 g/mol. The van der Waals surface area contributed by atoms with E-state index in [0.717, 1.165) is 24.0 Å². The predicted octanol–water partition coefficient (Wildman–Crippen LogP) is 1.54. The maximum atomic E-state index is 12.0. The van der Waals surface area contributed by atoms with Gasteiger partial charge in [0.25, 0.3) is 0 Å². The lowest BCUT2D eigenvalue weighted by Gasteiger charge is -2.11. The molecule has 22 heavy (non-hydrogen) atoms. The van der Waals surface area contributed by atoms with Gasteiger partial charge in [0.15, 0.2) is 0 Å². The number of aromatic nitrogens is 2. The number of carbonyl (C=O) groups excluding carboxylic acids is 1. The Morgan fingerprint density at radius 2 is 2.18 bits per heavy atom. The standard InChI is InChI=1S/C14H17N5O3/c1-2-15-7-11-5-3-4-6-13(11)17-14(20)10-18-9-12(8-16-18)19(21)22/h3-6,8-9,15H,2,7,10H2,1H3,(H,17,20). The molecule has 0 aliphatic carbocycles. The van der Waals surface area contributed by atoms with Crippen molar-refractivity contribution in [3.05, 3.63) is 52.3 Å². The highest BCUT2D eigenvalue weighted by atomic mass is 16.6. The summed E-state index contributed by atoms with van der Waals surface area (Å²) in [7, 11) is 0. The van der Waals surface area contributed by atoms with Crippen molar-refractivity contribution in [3.8, 4) is 0 Å². The van der Waals surface area contributed by atoms with E-state index < -0.39 is 4.92 Å². The van der Waals surface area contributed by atoms with Crippen LogP contribution in [0.5, 0.6) is 0 Å². The number of hydrogen-bond donors (Lipinski definition) is 2. The zero-order valence-electron chi connectivity index (χ0n) is 12.2. The Hall–Kier alpha value is -2.74. The van der Waals surface area contributed by atoms with E-state index in [1.165, 1.54) is 10.9 Å². The molecule has 0 saturated heterocycles. The van der Waals surface area contributed by atoms with Crippen molar-refractivity contribution in [2.75, 3.05) is 11.9 Å². The highest BCUT2D eigenvalue weighted by Crippen LogP contribution is 2.15. The van der Waals surface area contributed by atoms with Gasteiger partial charge in [-0.3, -0.25) is 19.6 Å². The van der Waals surface area contributed by atoms with Crippen LogP contribution >= 0.6 is 0 Å². The van der Waals surface area contributed by atoms with Crippen LogP contribution in [0, 0.1) is 10.1 Å². The van der Waals surface area contributed by atoms with Gasteiger partial charge in [-0.25, -0.2) is 0 Å². The van der Waals surface area contributed by atoms with Crippen LogP contribution in [0.15, 0.2) is 36.7 Å². The van der Waals surface area contributed by atoms with Gasteiger partial charge in [0.05, 0.1) is 4.92 Å². The van der Waals surface area contributed by atoms with Gasteiger partial charge in [-0.05, 0) is 18.2 Å². The molecule has 1 amide bonds. The van der Waals surface area contributed by atoms with Crippen molar-refractivity contribution in [1.82, 2.24) is 15.1 Å². The summed E-state index contributed by atoms with van der Waals surface area (Å²) in [4.78, 5) is 22.1. The molecule has 0 fully saturated rings. The molecule has 0 aliphatic heterocycles. The summed E-state index contributed by atoms with van der Waals surface area (Å²) in [6.45, 7) is 3.41. The fourth-order valence-corrected chi connectivity index (χ4v) is 1.93. The Labute approximate surface area is 127 Å². The molecule has 1 aromatic heterocycles. The van der Waals surface area contributed by atoms with Crippen LogP contribution in [0.1, 0.15) is 12.5 Å². The summed E-state index contributed by atoms with van der Waals surface area (Å²) in [6.07, 6.45) is 2.34. The predicted molar refractivity (Wildman–Crippen MR) is 81.3 cm³/mol. The second-order valence-electron chi connectivity index (χ2n) is 4.64. The van der Waals surface area contributed by atoms with E-state index >= 15 is 0 Å². The molecule has 0 unspecified atom stereocenters. The molecule has 0 radical (unpaired) electrons. The van der Waals surface area contributed by atoms with Gasteiger partial charge in [0.2, 0.25) is 5.91 Å². The molecule has 2 N–H and O–H groups in total. The number of anilines is 1. The summed E-state index contributed by atoms with van der Waals surface area (Å²) in [6, 6.07) is 7.48. The monoisotopic (exact) mass is 303 g/mol. The Morgan fingerprint density at radius 3 is 2.86 bits per heavy atom. The molecule has 0 spiro atoms. The number of amides is 1. The maximum absolute atomic E-state index is 12.0. The first kappa shape index (κ1) is 15.6. The highest BCUT2D eigenvalue weighted by molar-refractivity contribution is 5.91. The third-order valence-electron chi connectivity index (χ3n) is 2.99. The second-order valence-corrected chi connectivity index (χ2v) is 4.64. The lowest BCUT2D eigenvalue weighted by molar-refractivity contribution is -0.385. The Morgan fingerprint density at radius 1 is 1.41 bits per heavy atom. The van der Waals surface area contributed by atoms with E-state index in [9.17, 15) is 14.9 Å². The number of nitro groups is 1. The minimum atomic E-state index is -0.548. The number of hydrogen-bond acceptors (Lipinski definition) is 5. The zero-order valence-corrected chi connectivity index (χ0v) is 12.2. The molecule has 2 aromatic rings. The number of carbonyl (C=O) groups is 1. The average molecular weight is 303 g/mol. The molecule has 0 atom stereocenters. The van der Waals surface area contributed by atoms with Gasteiger partial charge < -0.3 is 10.6 Å². The molecule has 2 rings (SSSR count). The van der Waals surface area contributed by atoms with Gasteiger partial charge in [0, 0.05) is 12.2 Å². The van der Waals surface area contributed by atoms with Gasteiger partial charge in [-0.2, -0.15) is 5.10 Å². The third kappa shape index (κ3) is 4.13. The van der Waals surface area contributed by atoms with E-state index in [2.05, 4.69) is 15.7 Å². The summed E-state index contributed by atoms with van der Waals surface area (Å²) >= 11 is 0. The fraction of sp³-hybridized carbons (Fsp3) is 0.286. The van der Waals surface area contributed by atoms with Gasteiger partial charge >= 0.3 is 5.69 Å². The molecular formula is C14H17N5O3. The van der Waals surface area contributed by atoms with E-state index in [0.29, 0.717) is 6.54 Å². The molecule has 8 heteroatoms. The second kappa shape index (κ2) is 7.32. The first-order valence-electron chi connectivity index (χ1n) is 6.85. The van der Waals surface area contributed by atoms with Crippen molar-refractivity contribution < 1.29 is 9.72 Å². The van der Waals surface area contributed by atoms with E-state index in [4.69, 9.17) is 0 Å². The van der Waals surface area contributed by atoms with Crippen molar-refractivity contribution in [2.45, 2.75) is 20.0 Å². The van der Waals surface area contributed by atoms with Crippen LogP contribution in [0.3, 0.4) is 0 Å². The largest absolute Gasteiger partial charge is 0.324 e. The first-order chi connectivity index (χ1) is 10.6. The Bertz CT molecular complexity index is 668. The van der Waals surface area contributed by atoms with Crippen molar-refractivity contribution in [1.29, 1.82) is 0 Å². The van der Waals surface area contributed by atoms with Gasteiger partial charge in [-0.15, -0.1) is 0 Å². The number of para-hydroxylation sites is 1. The smallest absolute Gasteiger partial charge is 0.307 e. The molecule has 0 saturated carbocycles. The van der Waals surface area contributed by atoms with E-state index in [1.54, 1.807) is 0 Å². The molecule has 0 bridgehead atoms. The van der Waals surface area contributed by atoms with Crippen LogP contribution in [-0.2, 0) is 17.9 Å². The normalized spacial score (nSPS) is 10.4. The molecule has 8 nitrogen and oxygen atoms in total. The lowest BCUT2D eigenvalue weighted by Crippen LogP contribution is -2.21. The highest BCUT2D eigenvalue weighted by Gasteiger charge is 2.12. The van der Waals surface area contributed by atoms with Crippen LogP contribution in [0.2, 0.25) is 0 Å². The van der Waals surface area contributed by atoms with Crippen LogP contribution < -0.4 is 10.6 Å². The topological polar surface area (TPSA) is 102 Å². The summed E-state index contributed by atoms with van der Waals surface area (Å²) < 4.78 is 1.24. The molecule has 116 valence electrons.